The minimum absolute atomic E-state index is 0.0857. The van der Waals surface area contributed by atoms with Crippen LogP contribution in [0.2, 0.25) is 0 Å². The summed E-state index contributed by atoms with van der Waals surface area (Å²) >= 11 is 0. The first-order chi connectivity index (χ1) is 9.63. The predicted octanol–water partition coefficient (Wildman–Crippen LogP) is 3.29. The monoisotopic (exact) mass is 309 g/mol. The second kappa shape index (κ2) is 7.11. The van der Waals surface area contributed by atoms with E-state index in [0.717, 1.165) is 15.6 Å². The summed E-state index contributed by atoms with van der Waals surface area (Å²) in [6.07, 6.45) is 3.38. The fourth-order valence-electron chi connectivity index (χ4n) is 1.26. The number of aryl methyl sites for hydroxylation is 1. The molecule has 104 valence electrons. The van der Waals surface area contributed by atoms with Crippen LogP contribution in [0.4, 0.5) is 0 Å². The molecule has 0 radical (unpaired) electrons. The van der Waals surface area contributed by atoms with Gasteiger partial charge in [0.15, 0.2) is 0 Å². The van der Waals surface area contributed by atoms with E-state index in [2.05, 4.69) is 14.8 Å². The Morgan fingerprint density at radius 3 is 2.30 bits per heavy atom. The fourth-order valence-corrected chi connectivity index (χ4v) is 2.97. The molecule has 0 unspecified atom stereocenters. The average Bonchev–Trinajstić information content (AvgIpc) is 2.45. The third-order valence-corrected chi connectivity index (χ3v) is 4.41. The maximum atomic E-state index is 10.1. The van der Waals surface area contributed by atoms with E-state index in [9.17, 15) is 10.1 Å². The highest BCUT2D eigenvalue weighted by Gasteiger charge is 2.02. The Hall–Kier alpha value is -1.80. The number of hydrogen-bond donors (Lipinski definition) is 0. The standard InChI is InChI=1S/C12H11N3O3S2/c1-9-2-4-11(13-6-9)19-20-12-5-3-10(7-14-12)8-18-15(16)17/h2-7H,8H2,1H3. The smallest absolute Gasteiger partial charge is 0.294 e. The van der Waals surface area contributed by atoms with Crippen molar-refractivity contribution in [2.24, 2.45) is 0 Å². The molecule has 0 atom stereocenters. The molecule has 0 saturated heterocycles. The quantitative estimate of drug-likeness (QED) is 0.460. The summed E-state index contributed by atoms with van der Waals surface area (Å²) in [5, 5.41) is 11.0. The van der Waals surface area contributed by atoms with Crippen molar-refractivity contribution < 1.29 is 9.92 Å². The van der Waals surface area contributed by atoms with Gasteiger partial charge in [0.25, 0.3) is 5.09 Å². The molecule has 20 heavy (non-hydrogen) atoms. The van der Waals surface area contributed by atoms with Crippen LogP contribution in [0.25, 0.3) is 0 Å². The molecular formula is C12H11N3O3S2. The van der Waals surface area contributed by atoms with Gasteiger partial charge in [0.1, 0.15) is 16.7 Å². The zero-order valence-electron chi connectivity index (χ0n) is 10.6. The van der Waals surface area contributed by atoms with E-state index >= 15 is 0 Å². The summed E-state index contributed by atoms with van der Waals surface area (Å²) in [5.74, 6) is 0. The summed E-state index contributed by atoms with van der Waals surface area (Å²) in [6, 6.07) is 7.50. The van der Waals surface area contributed by atoms with Gasteiger partial charge in [-0.15, -0.1) is 10.1 Å². The summed E-state index contributed by atoms with van der Waals surface area (Å²) in [4.78, 5) is 22.8. The Labute approximate surface area is 123 Å². The van der Waals surface area contributed by atoms with Crippen LogP contribution < -0.4 is 0 Å². The van der Waals surface area contributed by atoms with Gasteiger partial charge in [-0.05, 0) is 51.8 Å². The lowest BCUT2D eigenvalue weighted by Gasteiger charge is -2.02. The maximum Gasteiger partial charge on any atom is 0.294 e. The number of aromatic nitrogens is 2. The van der Waals surface area contributed by atoms with Crippen molar-refractivity contribution in [3.8, 4) is 0 Å². The van der Waals surface area contributed by atoms with Crippen molar-refractivity contribution in [2.45, 2.75) is 23.6 Å². The van der Waals surface area contributed by atoms with Crippen molar-refractivity contribution >= 4 is 21.6 Å². The third-order valence-electron chi connectivity index (χ3n) is 2.23. The van der Waals surface area contributed by atoms with E-state index in [4.69, 9.17) is 0 Å². The molecule has 0 aliphatic rings. The second-order valence-corrected chi connectivity index (χ2v) is 6.01. The normalized spacial score (nSPS) is 10.2. The van der Waals surface area contributed by atoms with E-state index in [0.29, 0.717) is 5.56 Å². The van der Waals surface area contributed by atoms with Crippen molar-refractivity contribution in [1.82, 2.24) is 9.97 Å². The number of nitrogens with zero attached hydrogens (tertiary/aromatic N) is 3. The van der Waals surface area contributed by atoms with Crippen molar-refractivity contribution in [3.63, 3.8) is 0 Å². The molecule has 0 saturated carbocycles. The van der Waals surface area contributed by atoms with Crippen LogP contribution in [0, 0.1) is 17.0 Å². The molecule has 0 fully saturated rings. The summed E-state index contributed by atoms with van der Waals surface area (Å²) in [5.41, 5.74) is 1.78. The number of rotatable bonds is 6. The lowest BCUT2D eigenvalue weighted by Crippen LogP contribution is -2.00. The first kappa shape index (κ1) is 14.6. The zero-order valence-corrected chi connectivity index (χ0v) is 12.2. The van der Waals surface area contributed by atoms with Crippen molar-refractivity contribution in [2.75, 3.05) is 0 Å². The van der Waals surface area contributed by atoms with Gasteiger partial charge in [-0.3, -0.25) is 0 Å². The molecule has 2 heterocycles. The van der Waals surface area contributed by atoms with E-state index in [1.165, 1.54) is 21.6 Å². The van der Waals surface area contributed by atoms with E-state index in [1.54, 1.807) is 18.3 Å². The average molecular weight is 309 g/mol. The summed E-state index contributed by atoms with van der Waals surface area (Å²) < 4.78 is 0. The van der Waals surface area contributed by atoms with Crippen molar-refractivity contribution in [1.29, 1.82) is 0 Å². The van der Waals surface area contributed by atoms with Crippen LogP contribution >= 0.6 is 21.6 Å². The molecule has 0 amide bonds. The van der Waals surface area contributed by atoms with E-state index in [-0.39, 0.29) is 6.61 Å². The van der Waals surface area contributed by atoms with Gasteiger partial charge in [-0.2, -0.15) is 0 Å². The molecule has 2 aromatic heterocycles. The van der Waals surface area contributed by atoms with Crippen LogP contribution in [-0.4, -0.2) is 15.1 Å². The fraction of sp³-hybridized carbons (Fsp3) is 0.167. The molecule has 0 spiro atoms. The molecular weight excluding hydrogens is 298 g/mol. The molecule has 0 aliphatic carbocycles. The maximum absolute atomic E-state index is 10.1. The molecule has 2 aromatic rings. The van der Waals surface area contributed by atoms with Crippen LogP contribution in [0.1, 0.15) is 11.1 Å². The number of pyridine rings is 2. The molecule has 6 nitrogen and oxygen atoms in total. The largest absolute Gasteiger partial charge is 0.309 e. The van der Waals surface area contributed by atoms with Gasteiger partial charge in [0.05, 0.1) is 0 Å². The SMILES string of the molecule is Cc1ccc(SSc2ccc(CO[N+](=O)[O-])cn2)nc1. The molecule has 8 heteroatoms. The second-order valence-electron chi connectivity index (χ2n) is 3.84. The molecule has 2 rings (SSSR count). The highest BCUT2D eigenvalue weighted by Crippen LogP contribution is 2.34. The Kier molecular flexibility index (Phi) is 5.19. The molecule has 0 aliphatic heterocycles. The Bertz CT molecular complexity index is 576. The topological polar surface area (TPSA) is 78.2 Å². The van der Waals surface area contributed by atoms with Crippen LogP contribution in [0.15, 0.2) is 46.7 Å². The van der Waals surface area contributed by atoms with Gasteiger partial charge < -0.3 is 4.84 Å². The molecule has 0 bridgehead atoms. The lowest BCUT2D eigenvalue weighted by molar-refractivity contribution is -0.763. The third kappa shape index (κ3) is 4.71. The minimum atomic E-state index is -0.818. The Balaban J connectivity index is 1.87. The van der Waals surface area contributed by atoms with Crippen LogP contribution in [-0.2, 0) is 11.4 Å². The lowest BCUT2D eigenvalue weighted by atomic mass is 10.3. The van der Waals surface area contributed by atoms with Gasteiger partial charge in [0.2, 0.25) is 0 Å². The first-order valence-electron chi connectivity index (χ1n) is 5.63. The number of hydrogen-bond acceptors (Lipinski definition) is 7. The summed E-state index contributed by atoms with van der Waals surface area (Å²) in [6.45, 7) is 1.90. The predicted molar refractivity (Wildman–Crippen MR) is 76.7 cm³/mol. The van der Waals surface area contributed by atoms with Crippen LogP contribution in [0.5, 0.6) is 0 Å². The first-order valence-corrected chi connectivity index (χ1v) is 7.78. The molecule has 0 aromatic carbocycles. The van der Waals surface area contributed by atoms with Gasteiger partial charge in [0, 0.05) is 12.4 Å². The zero-order chi connectivity index (χ0) is 14.4. The van der Waals surface area contributed by atoms with Gasteiger partial charge in [-0.1, -0.05) is 12.1 Å². The van der Waals surface area contributed by atoms with Gasteiger partial charge in [-0.25, -0.2) is 9.97 Å². The Morgan fingerprint density at radius 1 is 1.15 bits per heavy atom. The highest BCUT2D eigenvalue weighted by atomic mass is 33.1. The van der Waals surface area contributed by atoms with Crippen LogP contribution in [0.3, 0.4) is 0 Å². The summed E-state index contributed by atoms with van der Waals surface area (Å²) in [7, 11) is 2.99. The van der Waals surface area contributed by atoms with Gasteiger partial charge >= 0.3 is 0 Å². The molecule has 0 N–H and O–H groups in total. The van der Waals surface area contributed by atoms with E-state index < -0.39 is 5.09 Å². The van der Waals surface area contributed by atoms with E-state index in [1.807, 2.05) is 25.3 Å². The minimum Gasteiger partial charge on any atom is -0.309 e. The Morgan fingerprint density at radius 2 is 1.80 bits per heavy atom. The highest BCUT2D eigenvalue weighted by molar-refractivity contribution is 8.76. The van der Waals surface area contributed by atoms with Crippen molar-refractivity contribution in [3.05, 3.63) is 57.9 Å².